The maximum atomic E-state index is 10.9. The standard InChI is InChI=1S/C12H15NO5/c1-12(2)11(14)5-7-4-10(17-3)8(13(15)16)6-9(7)18-12/h4,6,11,14H,5H2,1-3H3. The molecule has 1 heterocycles. The van der Waals surface area contributed by atoms with Crippen molar-refractivity contribution < 1.29 is 19.5 Å². The highest BCUT2D eigenvalue weighted by Crippen LogP contribution is 2.40. The summed E-state index contributed by atoms with van der Waals surface area (Å²) in [7, 11) is 1.37. The fraction of sp³-hybridized carbons (Fsp3) is 0.500. The maximum absolute atomic E-state index is 10.9. The molecule has 0 aliphatic carbocycles. The van der Waals surface area contributed by atoms with Gasteiger partial charge in [0, 0.05) is 12.0 Å². The number of nitrogens with zero attached hydrogens (tertiary/aromatic N) is 1. The Kier molecular flexibility index (Phi) is 2.90. The lowest BCUT2D eigenvalue weighted by atomic mass is 9.91. The molecule has 0 fully saturated rings. The van der Waals surface area contributed by atoms with Gasteiger partial charge in [0.2, 0.25) is 0 Å². The molecule has 18 heavy (non-hydrogen) atoms. The van der Waals surface area contributed by atoms with Crippen LogP contribution in [0.5, 0.6) is 11.5 Å². The maximum Gasteiger partial charge on any atom is 0.314 e. The molecule has 0 amide bonds. The second-order valence-electron chi connectivity index (χ2n) is 4.81. The van der Waals surface area contributed by atoms with E-state index >= 15 is 0 Å². The molecule has 2 rings (SSSR count). The molecule has 0 radical (unpaired) electrons. The van der Waals surface area contributed by atoms with Gasteiger partial charge in [-0.3, -0.25) is 10.1 Å². The Hall–Kier alpha value is -1.82. The predicted molar refractivity (Wildman–Crippen MR) is 64.1 cm³/mol. The molecule has 6 heteroatoms. The fourth-order valence-electron chi connectivity index (χ4n) is 1.96. The fourth-order valence-corrected chi connectivity index (χ4v) is 1.96. The number of ether oxygens (including phenoxy) is 2. The zero-order chi connectivity index (χ0) is 13.5. The van der Waals surface area contributed by atoms with Crippen LogP contribution in [0.25, 0.3) is 0 Å². The molecule has 0 bridgehead atoms. The van der Waals surface area contributed by atoms with Crippen molar-refractivity contribution in [1.82, 2.24) is 0 Å². The topological polar surface area (TPSA) is 81.8 Å². The number of aliphatic hydroxyl groups excluding tert-OH is 1. The minimum Gasteiger partial charge on any atom is -0.490 e. The minimum atomic E-state index is -0.755. The molecule has 1 aliphatic heterocycles. The van der Waals surface area contributed by atoms with Crippen molar-refractivity contribution in [3.05, 3.63) is 27.8 Å². The van der Waals surface area contributed by atoms with Crippen LogP contribution in [0.15, 0.2) is 12.1 Å². The lowest BCUT2D eigenvalue weighted by Gasteiger charge is -2.36. The first-order valence-electron chi connectivity index (χ1n) is 5.57. The number of benzene rings is 1. The van der Waals surface area contributed by atoms with E-state index in [1.165, 1.54) is 13.2 Å². The average Bonchev–Trinajstić information content (AvgIpc) is 2.28. The summed E-state index contributed by atoms with van der Waals surface area (Å²) in [5, 5.41) is 20.8. The first kappa shape index (κ1) is 12.6. The van der Waals surface area contributed by atoms with Crippen molar-refractivity contribution in [2.24, 2.45) is 0 Å². The van der Waals surface area contributed by atoms with Gasteiger partial charge in [0.05, 0.1) is 24.2 Å². The molecule has 0 saturated carbocycles. The summed E-state index contributed by atoms with van der Waals surface area (Å²) in [5.74, 6) is 0.604. The summed E-state index contributed by atoms with van der Waals surface area (Å²) in [5.41, 5.74) is -0.178. The van der Waals surface area contributed by atoms with Crippen molar-refractivity contribution >= 4 is 5.69 Å². The van der Waals surface area contributed by atoms with E-state index in [0.29, 0.717) is 17.7 Å². The second kappa shape index (κ2) is 4.13. The van der Waals surface area contributed by atoms with Gasteiger partial charge in [-0.05, 0) is 19.9 Å². The largest absolute Gasteiger partial charge is 0.490 e. The van der Waals surface area contributed by atoms with E-state index in [2.05, 4.69) is 0 Å². The summed E-state index contributed by atoms with van der Waals surface area (Å²) in [6.45, 7) is 3.49. The number of hydrogen-bond acceptors (Lipinski definition) is 5. The Morgan fingerprint density at radius 2 is 2.22 bits per heavy atom. The van der Waals surface area contributed by atoms with E-state index in [1.54, 1.807) is 19.9 Å². The van der Waals surface area contributed by atoms with Crippen LogP contribution in [-0.2, 0) is 6.42 Å². The lowest BCUT2D eigenvalue weighted by Crippen LogP contribution is -2.46. The molecule has 1 aliphatic rings. The molecule has 1 unspecified atom stereocenters. The Balaban J connectivity index is 2.52. The third kappa shape index (κ3) is 1.99. The molecule has 0 spiro atoms. The van der Waals surface area contributed by atoms with E-state index in [4.69, 9.17) is 9.47 Å². The number of fused-ring (bicyclic) bond motifs is 1. The molecule has 6 nitrogen and oxygen atoms in total. The number of rotatable bonds is 2. The van der Waals surface area contributed by atoms with Crippen molar-refractivity contribution in [2.45, 2.75) is 32.0 Å². The number of aliphatic hydroxyl groups is 1. The molecule has 1 aromatic carbocycles. The second-order valence-corrected chi connectivity index (χ2v) is 4.81. The van der Waals surface area contributed by atoms with E-state index in [-0.39, 0.29) is 11.4 Å². The van der Waals surface area contributed by atoms with Crippen molar-refractivity contribution in [3.63, 3.8) is 0 Å². The average molecular weight is 253 g/mol. The van der Waals surface area contributed by atoms with E-state index in [9.17, 15) is 15.2 Å². The van der Waals surface area contributed by atoms with E-state index < -0.39 is 16.6 Å². The zero-order valence-corrected chi connectivity index (χ0v) is 10.5. The Labute approximate surface area is 104 Å². The van der Waals surface area contributed by atoms with Crippen LogP contribution in [-0.4, -0.2) is 28.8 Å². The highest BCUT2D eigenvalue weighted by Gasteiger charge is 2.37. The molecule has 1 aromatic rings. The third-order valence-electron chi connectivity index (χ3n) is 3.15. The SMILES string of the molecule is COc1cc2c(cc1[N+](=O)[O-])OC(C)(C)C(O)C2. The monoisotopic (exact) mass is 253 g/mol. The molecule has 0 saturated heterocycles. The first-order valence-corrected chi connectivity index (χ1v) is 5.57. The number of methoxy groups -OCH3 is 1. The molecule has 1 N–H and O–H groups in total. The minimum absolute atomic E-state index is 0.136. The van der Waals surface area contributed by atoms with Crippen LogP contribution >= 0.6 is 0 Å². The van der Waals surface area contributed by atoms with Gasteiger partial charge in [0.25, 0.3) is 0 Å². The van der Waals surface area contributed by atoms with E-state index in [1.807, 2.05) is 0 Å². The zero-order valence-electron chi connectivity index (χ0n) is 10.5. The molecule has 1 atom stereocenters. The third-order valence-corrected chi connectivity index (χ3v) is 3.15. The summed E-state index contributed by atoms with van der Waals surface area (Å²) in [6.07, 6.45) is -0.271. The number of nitro groups is 1. The Bertz CT molecular complexity index is 497. The number of nitro benzene ring substituents is 1. The molecule has 0 aromatic heterocycles. The van der Waals surface area contributed by atoms with Gasteiger partial charge in [0.15, 0.2) is 5.75 Å². The van der Waals surface area contributed by atoms with Crippen LogP contribution in [0.2, 0.25) is 0 Å². The van der Waals surface area contributed by atoms with Crippen LogP contribution in [0.3, 0.4) is 0 Å². The highest BCUT2D eigenvalue weighted by atomic mass is 16.6. The predicted octanol–water partition coefficient (Wildman–Crippen LogP) is 1.68. The summed E-state index contributed by atoms with van der Waals surface area (Å²) >= 11 is 0. The van der Waals surface area contributed by atoms with Crippen molar-refractivity contribution in [2.75, 3.05) is 7.11 Å². The molecular formula is C12H15NO5. The normalized spacial score (nSPS) is 20.8. The Morgan fingerprint density at radius 1 is 1.56 bits per heavy atom. The van der Waals surface area contributed by atoms with Crippen molar-refractivity contribution in [1.29, 1.82) is 0 Å². The summed E-state index contributed by atoms with van der Waals surface area (Å²) in [4.78, 5) is 10.4. The number of hydrogen-bond donors (Lipinski definition) is 1. The summed E-state index contributed by atoms with van der Waals surface area (Å²) < 4.78 is 10.6. The van der Waals surface area contributed by atoms with Gasteiger partial charge in [-0.1, -0.05) is 0 Å². The van der Waals surface area contributed by atoms with Gasteiger partial charge in [-0.25, -0.2) is 0 Å². The smallest absolute Gasteiger partial charge is 0.314 e. The first-order chi connectivity index (χ1) is 8.35. The van der Waals surface area contributed by atoms with Crippen molar-refractivity contribution in [3.8, 4) is 11.5 Å². The van der Waals surface area contributed by atoms with Gasteiger partial charge < -0.3 is 14.6 Å². The van der Waals surface area contributed by atoms with Crippen LogP contribution in [0.1, 0.15) is 19.4 Å². The highest BCUT2D eigenvalue weighted by molar-refractivity contribution is 5.56. The van der Waals surface area contributed by atoms with Crippen LogP contribution < -0.4 is 9.47 Å². The summed E-state index contributed by atoms with van der Waals surface area (Å²) in [6, 6.07) is 2.90. The van der Waals surface area contributed by atoms with Gasteiger partial charge in [-0.15, -0.1) is 0 Å². The molecule has 98 valence electrons. The van der Waals surface area contributed by atoms with Gasteiger partial charge >= 0.3 is 5.69 Å². The van der Waals surface area contributed by atoms with Crippen LogP contribution in [0, 0.1) is 10.1 Å². The van der Waals surface area contributed by atoms with E-state index in [0.717, 1.165) is 0 Å². The quantitative estimate of drug-likeness (QED) is 0.640. The molecular weight excluding hydrogens is 238 g/mol. The Morgan fingerprint density at radius 3 is 2.78 bits per heavy atom. The van der Waals surface area contributed by atoms with Gasteiger partial charge in [-0.2, -0.15) is 0 Å². The van der Waals surface area contributed by atoms with Crippen LogP contribution in [0.4, 0.5) is 5.69 Å². The van der Waals surface area contributed by atoms with Gasteiger partial charge in [0.1, 0.15) is 11.4 Å². The lowest BCUT2D eigenvalue weighted by molar-refractivity contribution is -0.385.